The summed E-state index contributed by atoms with van der Waals surface area (Å²) in [7, 11) is 0. The Morgan fingerprint density at radius 1 is 1.35 bits per heavy atom. The summed E-state index contributed by atoms with van der Waals surface area (Å²) in [6, 6.07) is 3.55. The van der Waals surface area contributed by atoms with E-state index in [-0.39, 0.29) is 18.4 Å². The van der Waals surface area contributed by atoms with E-state index in [0.29, 0.717) is 10.8 Å². The predicted molar refractivity (Wildman–Crippen MR) is 73.5 cm³/mol. The minimum Gasteiger partial charge on any atom is -0.461 e. The first kappa shape index (κ1) is 14.4. The number of aromatic nitrogens is 1. The largest absolute Gasteiger partial charge is 0.461 e. The van der Waals surface area contributed by atoms with Gasteiger partial charge >= 0.3 is 12.0 Å². The van der Waals surface area contributed by atoms with Gasteiger partial charge in [0.05, 0.1) is 6.61 Å². The molecule has 20 heavy (non-hydrogen) atoms. The van der Waals surface area contributed by atoms with E-state index in [0.717, 1.165) is 11.1 Å². The molecule has 1 heterocycles. The van der Waals surface area contributed by atoms with Crippen molar-refractivity contribution < 1.29 is 18.7 Å². The Morgan fingerprint density at radius 3 is 2.60 bits per heavy atom. The molecule has 2 rings (SSSR count). The van der Waals surface area contributed by atoms with Crippen LogP contribution in [-0.2, 0) is 4.74 Å². The molecule has 0 spiro atoms. The number of carbonyl (C=O) groups excluding carboxylic acids is 1. The molecule has 0 atom stereocenters. The fraction of sp³-hybridized carbons (Fsp3) is 0.286. The molecule has 0 bridgehead atoms. The highest BCUT2D eigenvalue weighted by Crippen LogP contribution is 2.30. The summed E-state index contributed by atoms with van der Waals surface area (Å²) in [6.07, 6.45) is 1.19. The number of hydrogen-bond donors (Lipinski definition) is 0. The highest BCUT2D eigenvalue weighted by Gasteiger charge is 2.16. The van der Waals surface area contributed by atoms with Crippen LogP contribution >= 0.6 is 11.6 Å². The third-order valence-corrected chi connectivity index (χ3v) is 2.80. The first-order valence-electron chi connectivity index (χ1n) is 6.08. The monoisotopic (exact) mass is 295 g/mol. The minimum absolute atomic E-state index is 0.0124. The number of ether oxygens (including phenoxy) is 2. The van der Waals surface area contributed by atoms with Crippen LogP contribution in [0.25, 0.3) is 0 Å². The smallest absolute Gasteiger partial charge is 0.399 e. The molecule has 0 aliphatic heterocycles. The molecule has 0 saturated carbocycles. The van der Waals surface area contributed by atoms with Gasteiger partial charge < -0.3 is 13.9 Å². The SMILES string of the molecule is CCOC(=O)c1coc(Oc2c(C)cc(Cl)cc2C)n1. The van der Waals surface area contributed by atoms with E-state index in [9.17, 15) is 4.79 Å². The molecule has 0 amide bonds. The van der Waals surface area contributed by atoms with Crippen LogP contribution in [0.3, 0.4) is 0 Å². The van der Waals surface area contributed by atoms with Crippen LogP contribution in [0.1, 0.15) is 28.5 Å². The van der Waals surface area contributed by atoms with E-state index < -0.39 is 5.97 Å². The number of hydrogen-bond acceptors (Lipinski definition) is 5. The molecule has 0 aliphatic carbocycles. The molecular weight excluding hydrogens is 282 g/mol. The van der Waals surface area contributed by atoms with Gasteiger partial charge in [0.1, 0.15) is 12.0 Å². The second kappa shape index (κ2) is 5.96. The molecule has 0 fully saturated rings. The molecular formula is C14H14ClNO4. The first-order chi connectivity index (χ1) is 9.51. The summed E-state index contributed by atoms with van der Waals surface area (Å²) < 4.78 is 15.5. The molecule has 2 aromatic rings. The molecule has 5 nitrogen and oxygen atoms in total. The van der Waals surface area contributed by atoms with Gasteiger partial charge in [-0.25, -0.2) is 4.79 Å². The van der Waals surface area contributed by atoms with Crippen LogP contribution in [0.2, 0.25) is 5.02 Å². The van der Waals surface area contributed by atoms with Gasteiger partial charge in [-0.3, -0.25) is 0 Å². The molecule has 0 unspecified atom stereocenters. The van der Waals surface area contributed by atoms with E-state index >= 15 is 0 Å². The number of aryl methyl sites for hydroxylation is 2. The zero-order valence-corrected chi connectivity index (χ0v) is 12.2. The second-order valence-electron chi connectivity index (χ2n) is 4.19. The van der Waals surface area contributed by atoms with Gasteiger partial charge in [0.15, 0.2) is 5.69 Å². The van der Waals surface area contributed by atoms with Crippen molar-refractivity contribution in [2.75, 3.05) is 6.61 Å². The fourth-order valence-corrected chi connectivity index (χ4v) is 2.08. The number of oxazole rings is 1. The van der Waals surface area contributed by atoms with E-state index in [2.05, 4.69) is 4.98 Å². The van der Waals surface area contributed by atoms with Gasteiger partial charge in [0, 0.05) is 5.02 Å². The second-order valence-corrected chi connectivity index (χ2v) is 4.63. The average molecular weight is 296 g/mol. The van der Waals surface area contributed by atoms with Crippen LogP contribution in [0.5, 0.6) is 11.8 Å². The van der Waals surface area contributed by atoms with E-state index in [1.165, 1.54) is 6.26 Å². The predicted octanol–water partition coefficient (Wildman–Crippen LogP) is 3.91. The highest BCUT2D eigenvalue weighted by atomic mass is 35.5. The van der Waals surface area contributed by atoms with Gasteiger partial charge in [-0.15, -0.1) is 0 Å². The Bertz CT molecular complexity index is 613. The normalized spacial score (nSPS) is 10.4. The average Bonchev–Trinajstić information content (AvgIpc) is 2.82. The van der Waals surface area contributed by atoms with Crippen molar-refractivity contribution in [1.82, 2.24) is 4.98 Å². The standard InChI is InChI=1S/C14H14ClNO4/c1-4-18-13(17)11-7-19-14(16-11)20-12-8(2)5-10(15)6-9(12)3/h5-7H,4H2,1-3H3. The summed E-state index contributed by atoms with van der Waals surface area (Å²) in [5.41, 5.74) is 1.78. The molecule has 0 radical (unpaired) electrons. The molecule has 1 aromatic carbocycles. The van der Waals surface area contributed by atoms with Crippen LogP contribution in [-0.4, -0.2) is 17.6 Å². The quantitative estimate of drug-likeness (QED) is 0.800. The van der Waals surface area contributed by atoms with Crippen molar-refractivity contribution in [2.24, 2.45) is 0 Å². The Labute approximate surface area is 121 Å². The Kier molecular flexibility index (Phi) is 4.29. The number of halogens is 1. The van der Waals surface area contributed by atoms with Crippen LogP contribution in [0.15, 0.2) is 22.8 Å². The van der Waals surface area contributed by atoms with E-state index in [4.69, 9.17) is 25.5 Å². The van der Waals surface area contributed by atoms with Crippen molar-refractivity contribution in [3.8, 4) is 11.8 Å². The van der Waals surface area contributed by atoms with Crippen molar-refractivity contribution >= 4 is 17.6 Å². The van der Waals surface area contributed by atoms with E-state index in [1.54, 1.807) is 19.1 Å². The fourth-order valence-electron chi connectivity index (χ4n) is 1.75. The number of esters is 1. The lowest BCUT2D eigenvalue weighted by atomic mass is 10.1. The van der Waals surface area contributed by atoms with Gasteiger partial charge in [-0.2, -0.15) is 4.98 Å². The maximum Gasteiger partial charge on any atom is 0.399 e. The topological polar surface area (TPSA) is 61.6 Å². The molecule has 6 heteroatoms. The molecule has 0 aliphatic rings. The Balaban J connectivity index is 2.21. The Morgan fingerprint density at radius 2 is 2.00 bits per heavy atom. The number of rotatable bonds is 4. The number of carbonyl (C=O) groups is 1. The zero-order valence-electron chi connectivity index (χ0n) is 11.4. The van der Waals surface area contributed by atoms with Crippen molar-refractivity contribution in [3.05, 3.63) is 40.2 Å². The maximum atomic E-state index is 11.5. The van der Waals surface area contributed by atoms with Crippen molar-refractivity contribution in [3.63, 3.8) is 0 Å². The summed E-state index contributed by atoms with van der Waals surface area (Å²) in [6.45, 7) is 5.72. The molecule has 0 saturated heterocycles. The third-order valence-electron chi connectivity index (χ3n) is 2.58. The van der Waals surface area contributed by atoms with Crippen LogP contribution < -0.4 is 4.74 Å². The number of benzene rings is 1. The number of nitrogens with zero attached hydrogens (tertiary/aromatic N) is 1. The van der Waals surface area contributed by atoms with Gasteiger partial charge in [0.2, 0.25) is 0 Å². The highest BCUT2D eigenvalue weighted by molar-refractivity contribution is 6.30. The van der Waals surface area contributed by atoms with Crippen molar-refractivity contribution in [1.29, 1.82) is 0 Å². The minimum atomic E-state index is -0.546. The van der Waals surface area contributed by atoms with Gasteiger partial charge in [-0.1, -0.05) is 11.6 Å². The Hall–Kier alpha value is -2.01. The lowest BCUT2D eigenvalue weighted by Gasteiger charge is -2.08. The summed E-state index contributed by atoms with van der Waals surface area (Å²) in [5, 5.41) is 0.631. The molecule has 0 N–H and O–H groups in total. The van der Waals surface area contributed by atoms with Crippen LogP contribution in [0, 0.1) is 13.8 Å². The first-order valence-corrected chi connectivity index (χ1v) is 6.46. The lowest BCUT2D eigenvalue weighted by molar-refractivity contribution is 0.0519. The summed E-state index contributed by atoms with van der Waals surface area (Å²) in [5.74, 6) is 0.0577. The third kappa shape index (κ3) is 3.11. The summed E-state index contributed by atoms with van der Waals surface area (Å²) in [4.78, 5) is 15.4. The zero-order chi connectivity index (χ0) is 14.7. The van der Waals surface area contributed by atoms with Gasteiger partial charge in [-0.05, 0) is 44.0 Å². The molecule has 1 aromatic heterocycles. The maximum absolute atomic E-state index is 11.5. The van der Waals surface area contributed by atoms with Gasteiger partial charge in [0.25, 0.3) is 0 Å². The van der Waals surface area contributed by atoms with Crippen molar-refractivity contribution in [2.45, 2.75) is 20.8 Å². The van der Waals surface area contributed by atoms with E-state index in [1.807, 2.05) is 13.8 Å². The lowest BCUT2D eigenvalue weighted by Crippen LogP contribution is -2.04. The van der Waals surface area contributed by atoms with Crippen LogP contribution in [0.4, 0.5) is 0 Å². The summed E-state index contributed by atoms with van der Waals surface area (Å²) >= 11 is 5.95. The molecule has 106 valence electrons.